The fourth-order valence-electron chi connectivity index (χ4n) is 2.10. The van der Waals surface area contributed by atoms with Crippen molar-refractivity contribution in [3.63, 3.8) is 0 Å². The Hall–Kier alpha value is -2.40. The molecule has 0 saturated heterocycles. The zero-order chi connectivity index (χ0) is 21.9. The molecule has 2 N–H and O–H groups in total. The number of carbonyl (C=O) groups excluding carboxylic acids is 1. The standard InChI is InChI=1S/C12H18N2O.C7H10N2.2C2H6/c1-3-14(4-2)12(15)11-7-5-10(9-13)6-8-11;1-9(2)7-5-3-4-6-8-7;2*1-2/h5-8H,3-4,9,13H2,1-2H3;3-6H,1-2H3;2*1-2H3. The number of nitrogens with zero attached hydrogens (tertiary/aromatic N) is 3. The lowest BCUT2D eigenvalue weighted by Gasteiger charge is -2.18. The van der Waals surface area contributed by atoms with E-state index in [0.29, 0.717) is 6.54 Å². The summed E-state index contributed by atoms with van der Waals surface area (Å²) in [5, 5.41) is 0. The molecule has 0 radical (unpaired) electrons. The van der Waals surface area contributed by atoms with Gasteiger partial charge in [0.1, 0.15) is 5.82 Å². The highest BCUT2D eigenvalue weighted by molar-refractivity contribution is 5.94. The molecule has 0 saturated carbocycles. The smallest absolute Gasteiger partial charge is 0.253 e. The second-order valence-corrected chi connectivity index (χ2v) is 5.46. The lowest BCUT2D eigenvalue weighted by atomic mass is 10.1. The number of amides is 1. The van der Waals surface area contributed by atoms with Gasteiger partial charge in [-0.3, -0.25) is 4.79 Å². The molecule has 0 fully saturated rings. The topological polar surface area (TPSA) is 62.5 Å². The van der Waals surface area contributed by atoms with Gasteiger partial charge in [0.25, 0.3) is 5.91 Å². The molecule has 1 amide bonds. The summed E-state index contributed by atoms with van der Waals surface area (Å²) in [5.74, 6) is 1.08. The molecule has 0 bridgehead atoms. The first kappa shape index (κ1) is 27.8. The molecule has 0 atom stereocenters. The molecule has 1 aromatic carbocycles. The largest absolute Gasteiger partial charge is 0.363 e. The van der Waals surface area contributed by atoms with Crippen molar-refractivity contribution in [1.29, 1.82) is 0 Å². The zero-order valence-electron chi connectivity index (χ0n) is 19.1. The van der Waals surface area contributed by atoms with Crippen molar-refractivity contribution in [1.82, 2.24) is 9.88 Å². The monoisotopic (exact) mass is 388 g/mol. The molecule has 0 aliphatic carbocycles. The van der Waals surface area contributed by atoms with Crippen LogP contribution in [0, 0.1) is 0 Å². The molecule has 2 aromatic rings. The summed E-state index contributed by atoms with van der Waals surface area (Å²) < 4.78 is 0. The van der Waals surface area contributed by atoms with Gasteiger partial charge in [-0.25, -0.2) is 4.98 Å². The maximum atomic E-state index is 11.9. The lowest BCUT2D eigenvalue weighted by molar-refractivity contribution is 0.0773. The lowest BCUT2D eigenvalue weighted by Crippen LogP contribution is -2.30. The van der Waals surface area contributed by atoms with Gasteiger partial charge in [0, 0.05) is 45.5 Å². The molecule has 0 aliphatic heterocycles. The van der Waals surface area contributed by atoms with E-state index >= 15 is 0 Å². The third-order valence-electron chi connectivity index (χ3n) is 3.59. The van der Waals surface area contributed by atoms with Gasteiger partial charge in [0.05, 0.1) is 0 Å². The minimum absolute atomic E-state index is 0.0866. The number of carbonyl (C=O) groups is 1. The maximum Gasteiger partial charge on any atom is 0.253 e. The number of aromatic nitrogens is 1. The van der Waals surface area contributed by atoms with E-state index in [2.05, 4.69) is 4.98 Å². The van der Waals surface area contributed by atoms with Gasteiger partial charge in [-0.05, 0) is 43.7 Å². The number of pyridine rings is 1. The first-order valence-electron chi connectivity index (χ1n) is 10.2. The molecule has 28 heavy (non-hydrogen) atoms. The minimum atomic E-state index is 0.0866. The van der Waals surface area contributed by atoms with Gasteiger partial charge in [-0.1, -0.05) is 45.9 Å². The van der Waals surface area contributed by atoms with Crippen molar-refractivity contribution in [2.24, 2.45) is 5.73 Å². The molecule has 0 aliphatic rings. The summed E-state index contributed by atoms with van der Waals surface area (Å²) in [4.78, 5) is 19.8. The van der Waals surface area contributed by atoms with Gasteiger partial charge in [0.15, 0.2) is 0 Å². The molecular weight excluding hydrogens is 348 g/mol. The SMILES string of the molecule is CC.CC.CCN(CC)C(=O)c1ccc(CN)cc1.CN(C)c1ccccn1. The van der Waals surface area contributed by atoms with Crippen LogP contribution in [-0.2, 0) is 6.54 Å². The van der Waals surface area contributed by atoms with Crippen molar-refractivity contribution >= 4 is 11.7 Å². The Morgan fingerprint density at radius 1 is 0.929 bits per heavy atom. The van der Waals surface area contributed by atoms with Crippen molar-refractivity contribution in [2.75, 3.05) is 32.1 Å². The highest BCUT2D eigenvalue weighted by Crippen LogP contribution is 2.07. The summed E-state index contributed by atoms with van der Waals surface area (Å²) in [6, 6.07) is 13.3. The number of benzene rings is 1. The first-order chi connectivity index (χ1) is 13.5. The van der Waals surface area contributed by atoms with E-state index in [1.54, 1.807) is 11.1 Å². The van der Waals surface area contributed by atoms with E-state index in [9.17, 15) is 4.79 Å². The summed E-state index contributed by atoms with van der Waals surface area (Å²) in [7, 11) is 3.95. The van der Waals surface area contributed by atoms with Gasteiger partial charge in [-0.15, -0.1) is 0 Å². The Labute approximate surface area is 172 Å². The van der Waals surface area contributed by atoms with E-state index in [1.807, 2.05) is 103 Å². The summed E-state index contributed by atoms with van der Waals surface area (Å²) in [5.41, 5.74) is 7.27. The molecule has 5 heteroatoms. The molecule has 158 valence electrons. The van der Waals surface area contributed by atoms with Crippen LogP contribution in [-0.4, -0.2) is 43.0 Å². The van der Waals surface area contributed by atoms with Gasteiger partial charge in [0.2, 0.25) is 0 Å². The average Bonchev–Trinajstić information content (AvgIpc) is 2.78. The number of rotatable bonds is 5. The van der Waals surface area contributed by atoms with Crippen LogP contribution in [0.25, 0.3) is 0 Å². The van der Waals surface area contributed by atoms with Crippen LogP contribution in [0.15, 0.2) is 48.7 Å². The fourth-order valence-corrected chi connectivity index (χ4v) is 2.10. The van der Waals surface area contributed by atoms with Gasteiger partial charge < -0.3 is 15.5 Å². The molecule has 1 heterocycles. The first-order valence-corrected chi connectivity index (χ1v) is 10.2. The Morgan fingerprint density at radius 2 is 1.46 bits per heavy atom. The van der Waals surface area contributed by atoms with Crippen LogP contribution in [0.1, 0.15) is 57.5 Å². The molecule has 1 aromatic heterocycles. The maximum absolute atomic E-state index is 11.9. The van der Waals surface area contributed by atoms with E-state index in [1.165, 1.54) is 0 Å². The van der Waals surface area contributed by atoms with Crippen molar-refractivity contribution in [3.8, 4) is 0 Å². The third kappa shape index (κ3) is 10.7. The van der Waals surface area contributed by atoms with Crippen molar-refractivity contribution in [3.05, 3.63) is 59.8 Å². The van der Waals surface area contributed by atoms with Crippen LogP contribution >= 0.6 is 0 Å². The summed E-state index contributed by atoms with van der Waals surface area (Å²) >= 11 is 0. The zero-order valence-corrected chi connectivity index (χ0v) is 19.1. The molecule has 5 nitrogen and oxygen atoms in total. The summed E-state index contributed by atoms with van der Waals surface area (Å²) in [6.45, 7) is 14.0. The van der Waals surface area contributed by atoms with E-state index in [-0.39, 0.29) is 5.91 Å². The predicted molar refractivity (Wildman–Crippen MR) is 123 cm³/mol. The predicted octanol–water partition coefficient (Wildman–Crippen LogP) is 4.83. The van der Waals surface area contributed by atoms with Gasteiger partial charge in [-0.2, -0.15) is 0 Å². The van der Waals surface area contributed by atoms with E-state index < -0.39 is 0 Å². The Kier molecular flexibility index (Phi) is 17.9. The van der Waals surface area contributed by atoms with Crippen molar-refractivity contribution in [2.45, 2.75) is 48.1 Å². The van der Waals surface area contributed by atoms with Crippen LogP contribution in [0.3, 0.4) is 0 Å². The number of hydrogen-bond acceptors (Lipinski definition) is 4. The Balaban J connectivity index is 0. The van der Waals surface area contributed by atoms with Crippen LogP contribution < -0.4 is 10.6 Å². The fraction of sp³-hybridized carbons (Fsp3) is 0.478. The number of hydrogen-bond donors (Lipinski definition) is 1. The molecular formula is C23H40N4O. The normalized spacial score (nSPS) is 8.75. The quantitative estimate of drug-likeness (QED) is 0.797. The highest BCUT2D eigenvalue weighted by Gasteiger charge is 2.11. The van der Waals surface area contributed by atoms with Crippen molar-refractivity contribution < 1.29 is 4.79 Å². The second kappa shape index (κ2) is 18.0. The third-order valence-corrected chi connectivity index (χ3v) is 3.59. The van der Waals surface area contributed by atoms with Crippen LogP contribution in [0.4, 0.5) is 5.82 Å². The highest BCUT2D eigenvalue weighted by atomic mass is 16.2. The van der Waals surface area contributed by atoms with Gasteiger partial charge >= 0.3 is 0 Å². The van der Waals surface area contributed by atoms with Crippen LogP contribution in [0.2, 0.25) is 0 Å². The number of nitrogens with two attached hydrogens (primary N) is 1. The molecule has 0 spiro atoms. The molecule has 2 rings (SSSR count). The van der Waals surface area contributed by atoms with E-state index in [0.717, 1.165) is 30.0 Å². The molecule has 0 unspecified atom stereocenters. The average molecular weight is 389 g/mol. The summed E-state index contributed by atoms with van der Waals surface area (Å²) in [6.07, 6.45) is 1.79. The Morgan fingerprint density at radius 3 is 1.79 bits per heavy atom. The number of anilines is 1. The van der Waals surface area contributed by atoms with Crippen LogP contribution in [0.5, 0.6) is 0 Å². The Bertz CT molecular complexity index is 594. The second-order valence-electron chi connectivity index (χ2n) is 5.46. The minimum Gasteiger partial charge on any atom is -0.363 e. The van der Waals surface area contributed by atoms with E-state index in [4.69, 9.17) is 5.73 Å².